The van der Waals surface area contributed by atoms with Crippen LogP contribution in [-0.2, 0) is 29.7 Å². The van der Waals surface area contributed by atoms with E-state index >= 15 is 0 Å². The molecule has 0 aliphatic carbocycles. The van der Waals surface area contributed by atoms with Gasteiger partial charge in [0, 0.05) is 19.6 Å². The number of sulfonamides is 1. The zero-order valence-corrected chi connectivity index (χ0v) is 12.7. The number of hydrogen-bond acceptors (Lipinski definition) is 3. The van der Waals surface area contributed by atoms with Crippen molar-refractivity contribution in [1.82, 2.24) is 10.0 Å². The molecule has 4 nitrogen and oxygen atoms in total. The summed E-state index contributed by atoms with van der Waals surface area (Å²) in [5.74, 6) is 0. The van der Waals surface area contributed by atoms with Gasteiger partial charge in [-0.25, -0.2) is 13.1 Å². The molecule has 5 heteroatoms. The van der Waals surface area contributed by atoms with E-state index in [-0.39, 0.29) is 0 Å². The van der Waals surface area contributed by atoms with Crippen LogP contribution in [0.5, 0.6) is 0 Å². The Morgan fingerprint density at radius 3 is 2.71 bits per heavy atom. The van der Waals surface area contributed by atoms with Crippen LogP contribution in [0.1, 0.15) is 22.3 Å². The summed E-state index contributed by atoms with van der Waals surface area (Å²) < 4.78 is 27.4. The highest BCUT2D eigenvalue weighted by Crippen LogP contribution is 2.20. The highest BCUT2D eigenvalue weighted by molar-refractivity contribution is 7.89. The molecular formula is C16H18N2O2S. The Morgan fingerprint density at radius 1 is 1.10 bits per heavy atom. The van der Waals surface area contributed by atoms with Gasteiger partial charge >= 0.3 is 0 Å². The van der Waals surface area contributed by atoms with Crippen LogP contribution >= 0.6 is 0 Å². The lowest BCUT2D eigenvalue weighted by molar-refractivity contribution is 0.581. The largest absolute Gasteiger partial charge is 0.309 e. The van der Waals surface area contributed by atoms with Crippen molar-refractivity contribution in [2.75, 3.05) is 0 Å². The second-order valence-corrected chi connectivity index (χ2v) is 7.11. The molecule has 1 heterocycles. The third-order valence-corrected chi connectivity index (χ3v) is 5.07. The molecule has 0 unspecified atom stereocenters. The Kier molecular flexibility index (Phi) is 3.80. The van der Waals surface area contributed by atoms with Crippen molar-refractivity contribution in [2.45, 2.75) is 31.5 Å². The number of aryl methyl sites for hydroxylation is 1. The lowest BCUT2D eigenvalue weighted by atomic mass is 10.1. The minimum atomic E-state index is -3.47. The summed E-state index contributed by atoms with van der Waals surface area (Å²) >= 11 is 0. The van der Waals surface area contributed by atoms with Gasteiger partial charge in [-0.1, -0.05) is 35.9 Å². The van der Waals surface area contributed by atoms with E-state index in [1.54, 1.807) is 12.1 Å². The molecule has 0 aromatic heterocycles. The van der Waals surface area contributed by atoms with E-state index in [4.69, 9.17) is 0 Å². The number of hydrogen-bond donors (Lipinski definition) is 2. The van der Waals surface area contributed by atoms with E-state index in [0.29, 0.717) is 11.4 Å². The lowest BCUT2D eigenvalue weighted by Gasteiger charge is -2.09. The van der Waals surface area contributed by atoms with E-state index < -0.39 is 10.0 Å². The highest BCUT2D eigenvalue weighted by atomic mass is 32.2. The van der Waals surface area contributed by atoms with Crippen LogP contribution in [0.3, 0.4) is 0 Å². The van der Waals surface area contributed by atoms with Crippen molar-refractivity contribution < 1.29 is 8.42 Å². The third kappa shape index (κ3) is 3.15. The second-order valence-electron chi connectivity index (χ2n) is 5.35. The SMILES string of the molecule is Cc1cccc(CNS(=O)(=O)c2ccc3c(c2)CNC3)c1. The van der Waals surface area contributed by atoms with Gasteiger partial charge in [0.2, 0.25) is 10.0 Å². The fourth-order valence-electron chi connectivity index (χ4n) is 2.52. The van der Waals surface area contributed by atoms with E-state index in [1.807, 2.05) is 37.3 Å². The van der Waals surface area contributed by atoms with Crippen molar-refractivity contribution in [3.05, 3.63) is 64.7 Å². The molecule has 1 aliphatic heterocycles. The molecule has 0 radical (unpaired) electrons. The molecule has 0 saturated carbocycles. The van der Waals surface area contributed by atoms with Gasteiger partial charge in [0.15, 0.2) is 0 Å². The fraction of sp³-hybridized carbons (Fsp3) is 0.250. The predicted octanol–water partition coefficient (Wildman–Crippen LogP) is 2.08. The Bertz CT molecular complexity index is 770. The first-order valence-electron chi connectivity index (χ1n) is 6.92. The van der Waals surface area contributed by atoms with Crippen LogP contribution in [0, 0.1) is 6.92 Å². The van der Waals surface area contributed by atoms with Gasteiger partial charge < -0.3 is 5.32 Å². The monoisotopic (exact) mass is 302 g/mol. The van der Waals surface area contributed by atoms with Crippen molar-refractivity contribution in [3.8, 4) is 0 Å². The topological polar surface area (TPSA) is 58.2 Å². The molecule has 2 N–H and O–H groups in total. The maximum absolute atomic E-state index is 12.4. The zero-order valence-electron chi connectivity index (χ0n) is 11.9. The molecule has 2 aromatic carbocycles. The van der Waals surface area contributed by atoms with Gasteiger partial charge in [-0.05, 0) is 35.7 Å². The smallest absolute Gasteiger partial charge is 0.240 e. The average Bonchev–Trinajstić information content (AvgIpc) is 2.93. The average molecular weight is 302 g/mol. The number of nitrogens with one attached hydrogen (secondary N) is 2. The first kappa shape index (κ1) is 14.3. The van der Waals surface area contributed by atoms with E-state index in [9.17, 15) is 8.42 Å². The zero-order chi connectivity index (χ0) is 14.9. The molecule has 0 saturated heterocycles. The Morgan fingerprint density at radius 2 is 1.90 bits per heavy atom. The van der Waals surface area contributed by atoms with Crippen molar-refractivity contribution in [1.29, 1.82) is 0 Å². The molecule has 2 aromatic rings. The van der Waals surface area contributed by atoms with Gasteiger partial charge in [-0.2, -0.15) is 0 Å². The van der Waals surface area contributed by atoms with E-state index in [2.05, 4.69) is 10.0 Å². The summed E-state index contributed by atoms with van der Waals surface area (Å²) in [4.78, 5) is 0.331. The third-order valence-electron chi connectivity index (χ3n) is 3.67. The minimum Gasteiger partial charge on any atom is -0.309 e. The van der Waals surface area contributed by atoms with Crippen molar-refractivity contribution >= 4 is 10.0 Å². The summed E-state index contributed by atoms with van der Waals surface area (Å²) in [5.41, 5.74) is 4.32. The molecule has 3 rings (SSSR count). The van der Waals surface area contributed by atoms with Crippen molar-refractivity contribution in [2.24, 2.45) is 0 Å². The molecule has 0 amide bonds. The van der Waals surface area contributed by atoms with E-state index in [0.717, 1.165) is 29.8 Å². The first-order valence-corrected chi connectivity index (χ1v) is 8.41. The Hall–Kier alpha value is -1.69. The minimum absolute atomic E-state index is 0.305. The quantitative estimate of drug-likeness (QED) is 0.909. The lowest BCUT2D eigenvalue weighted by Crippen LogP contribution is -2.23. The van der Waals surface area contributed by atoms with Gasteiger partial charge in [0.25, 0.3) is 0 Å². The fourth-order valence-corrected chi connectivity index (χ4v) is 3.59. The molecule has 0 atom stereocenters. The van der Waals surface area contributed by atoms with Crippen LogP contribution in [0.15, 0.2) is 47.4 Å². The van der Waals surface area contributed by atoms with Crippen molar-refractivity contribution in [3.63, 3.8) is 0 Å². The standard InChI is InChI=1S/C16H18N2O2S/c1-12-3-2-4-13(7-12)9-18-21(19,20)16-6-5-14-10-17-11-15(14)8-16/h2-8,17-18H,9-11H2,1H3. The van der Waals surface area contributed by atoms with Gasteiger partial charge in [-0.15, -0.1) is 0 Å². The van der Waals surface area contributed by atoms with Gasteiger partial charge in [0.1, 0.15) is 0 Å². The van der Waals surface area contributed by atoms with E-state index in [1.165, 1.54) is 5.56 Å². The Balaban J connectivity index is 1.78. The molecule has 0 fully saturated rings. The summed E-state index contributed by atoms with van der Waals surface area (Å²) in [6.45, 7) is 3.84. The maximum atomic E-state index is 12.4. The predicted molar refractivity (Wildman–Crippen MR) is 82.2 cm³/mol. The van der Waals surface area contributed by atoms with Crippen LogP contribution in [0.25, 0.3) is 0 Å². The van der Waals surface area contributed by atoms with Gasteiger partial charge in [-0.3, -0.25) is 0 Å². The molecule has 0 bridgehead atoms. The summed E-state index contributed by atoms with van der Waals surface area (Å²) in [7, 11) is -3.47. The van der Waals surface area contributed by atoms with Crippen LogP contribution in [0.4, 0.5) is 0 Å². The second kappa shape index (κ2) is 5.60. The maximum Gasteiger partial charge on any atom is 0.240 e. The number of benzene rings is 2. The highest BCUT2D eigenvalue weighted by Gasteiger charge is 2.17. The number of rotatable bonds is 4. The molecule has 110 valence electrons. The summed E-state index contributed by atoms with van der Waals surface area (Å²) in [6.07, 6.45) is 0. The Labute approximate surface area is 125 Å². The van der Waals surface area contributed by atoms with Gasteiger partial charge in [0.05, 0.1) is 4.90 Å². The summed E-state index contributed by atoms with van der Waals surface area (Å²) in [6, 6.07) is 13.1. The molecule has 0 spiro atoms. The molecular weight excluding hydrogens is 284 g/mol. The molecule has 21 heavy (non-hydrogen) atoms. The normalized spacial score (nSPS) is 14.1. The molecule has 1 aliphatic rings. The summed E-state index contributed by atoms with van der Waals surface area (Å²) in [5, 5.41) is 3.22. The van der Waals surface area contributed by atoms with Crippen LogP contribution in [0.2, 0.25) is 0 Å². The van der Waals surface area contributed by atoms with Crippen LogP contribution < -0.4 is 10.0 Å². The number of fused-ring (bicyclic) bond motifs is 1. The first-order chi connectivity index (χ1) is 10.0. The van der Waals surface area contributed by atoms with Crippen LogP contribution in [-0.4, -0.2) is 8.42 Å².